The van der Waals surface area contributed by atoms with Gasteiger partial charge in [0.25, 0.3) is 5.91 Å². The summed E-state index contributed by atoms with van der Waals surface area (Å²) in [5.74, 6) is 0.000243. The molecule has 0 aliphatic carbocycles. The van der Waals surface area contributed by atoms with Crippen LogP contribution in [-0.2, 0) is 22.6 Å². The highest BCUT2D eigenvalue weighted by molar-refractivity contribution is 6.04. The van der Waals surface area contributed by atoms with E-state index in [0.29, 0.717) is 25.9 Å². The number of amides is 4. The lowest BCUT2D eigenvalue weighted by molar-refractivity contribution is -0.128. The minimum Gasteiger partial charge on any atom is -0.356 e. The van der Waals surface area contributed by atoms with Gasteiger partial charge in [0, 0.05) is 32.5 Å². The van der Waals surface area contributed by atoms with E-state index in [0.717, 1.165) is 43.4 Å². The number of rotatable bonds is 8. The zero-order chi connectivity index (χ0) is 18.5. The SMILES string of the molecule is CCCNC(=O)CCCCCN1C(=O)[C@@H]2Cc3ccccc3CN2C1=O. The quantitative estimate of drug-likeness (QED) is 0.574. The molecule has 0 spiro atoms. The lowest BCUT2D eigenvalue weighted by Crippen LogP contribution is -2.39. The van der Waals surface area contributed by atoms with Crippen LogP contribution >= 0.6 is 0 Å². The highest BCUT2D eigenvalue weighted by atomic mass is 16.2. The van der Waals surface area contributed by atoms with Crippen LogP contribution in [0.15, 0.2) is 24.3 Å². The van der Waals surface area contributed by atoms with Gasteiger partial charge in [-0.2, -0.15) is 0 Å². The van der Waals surface area contributed by atoms with E-state index < -0.39 is 0 Å². The zero-order valence-electron chi connectivity index (χ0n) is 15.4. The Morgan fingerprint density at radius 2 is 1.92 bits per heavy atom. The van der Waals surface area contributed by atoms with Crippen LogP contribution in [0.3, 0.4) is 0 Å². The van der Waals surface area contributed by atoms with Crippen molar-refractivity contribution < 1.29 is 14.4 Å². The first-order chi connectivity index (χ1) is 12.6. The minimum atomic E-state index is -0.350. The van der Waals surface area contributed by atoms with Crippen LogP contribution in [0.5, 0.6) is 0 Å². The van der Waals surface area contributed by atoms with Gasteiger partial charge < -0.3 is 10.2 Å². The average molecular weight is 357 g/mol. The average Bonchev–Trinajstić information content (AvgIpc) is 2.88. The van der Waals surface area contributed by atoms with Gasteiger partial charge in [-0.25, -0.2) is 4.79 Å². The minimum absolute atomic E-state index is 0.0785. The van der Waals surface area contributed by atoms with Crippen LogP contribution in [-0.4, -0.2) is 46.8 Å². The molecule has 1 aromatic carbocycles. The maximum Gasteiger partial charge on any atom is 0.327 e. The predicted molar refractivity (Wildman–Crippen MR) is 98.4 cm³/mol. The third-order valence-electron chi connectivity index (χ3n) is 5.13. The fourth-order valence-corrected chi connectivity index (χ4v) is 3.66. The van der Waals surface area contributed by atoms with Gasteiger partial charge in [0.2, 0.25) is 5.91 Å². The lowest BCUT2D eigenvalue weighted by atomic mass is 9.95. The summed E-state index contributed by atoms with van der Waals surface area (Å²) in [7, 11) is 0. The monoisotopic (exact) mass is 357 g/mol. The summed E-state index contributed by atoms with van der Waals surface area (Å²) in [6.07, 6.45) is 4.41. The molecule has 6 nitrogen and oxygen atoms in total. The molecule has 1 saturated heterocycles. The predicted octanol–water partition coefficient (Wildman–Crippen LogP) is 2.46. The molecule has 140 valence electrons. The van der Waals surface area contributed by atoms with Gasteiger partial charge >= 0.3 is 6.03 Å². The molecule has 0 aromatic heterocycles. The Morgan fingerprint density at radius 3 is 2.69 bits per heavy atom. The van der Waals surface area contributed by atoms with E-state index in [9.17, 15) is 14.4 Å². The van der Waals surface area contributed by atoms with Gasteiger partial charge in [-0.15, -0.1) is 0 Å². The van der Waals surface area contributed by atoms with Crippen molar-refractivity contribution in [1.29, 1.82) is 0 Å². The van der Waals surface area contributed by atoms with E-state index in [-0.39, 0.29) is 23.9 Å². The van der Waals surface area contributed by atoms with E-state index in [4.69, 9.17) is 0 Å². The van der Waals surface area contributed by atoms with Crippen molar-refractivity contribution in [3.8, 4) is 0 Å². The summed E-state index contributed by atoms with van der Waals surface area (Å²) in [6, 6.07) is 7.49. The van der Waals surface area contributed by atoms with Gasteiger partial charge in [0.1, 0.15) is 6.04 Å². The first kappa shape index (κ1) is 18.4. The first-order valence-corrected chi connectivity index (χ1v) is 9.57. The second-order valence-corrected chi connectivity index (χ2v) is 7.05. The number of hydrogen-bond donors (Lipinski definition) is 1. The van der Waals surface area contributed by atoms with Gasteiger partial charge in [0.15, 0.2) is 0 Å². The maximum absolute atomic E-state index is 12.6. The standard InChI is InChI=1S/C20H27N3O3/c1-2-11-21-18(24)10-4-3-7-12-22-19(25)17-13-15-8-5-6-9-16(15)14-23(17)20(22)26/h5-6,8-9,17H,2-4,7,10-14H2,1H3,(H,21,24)/t17-/m0/s1. The van der Waals surface area contributed by atoms with Crippen LogP contribution < -0.4 is 5.32 Å². The van der Waals surface area contributed by atoms with E-state index in [2.05, 4.69) is 5.32 Å². The third-order valence-corrected chi connectivity index (χ3v) is 5.13. The number of carbonyl (C=O) groups is 3. The molecule has 1 aromatic rings. The molecule has 6 heteroatoms. The Morgan fingerprint density at radius 1 is 1.15 bits per heavy atom. The molecule has 1 N–H and O–H groups in total. The molecule has 1 fully saturated rings. The van der Waals surface area contributed by atoms with Crippen LogP contribution in [0.25, 0.3) is 0 Å². The van der Waals surface area contributed by atoms with Gasteiger partial charge in [-0.3, -0.25) is 14.5 Å². The summed E-state index contributed by atoms with van der Waals surface area (Å²) in [6.45, 7) is 3.70. The molecular weight excluding hydrogens is 330 g/mol. The Balaban J connectivity index is 1.47. The number of unbranched alkanes of at least 4 members (excludes halogenated alkanes) is 2. The number of fused-ring (bicyclic) bond motifs is 2. The number of imide groups is 1. The van der Waals surface area contributed by atoms with Crippen LogP contribution in [0.1, 0.15) is 50.2 Å². The Labute approximate surface area is 154 Å². The number of hydrogen-bond acceptors (Lipinski definition) is 3. The molecule has 0 unspecified atom stereocenters. The molecule has 0 saturated carbocycles. The molecule has 2 aliphatic heterocycles. The number of urea groups is 1. The van der Waals surface area contributed by atoms with E-state index in [1.807, 2.05) is 31.2 Å². The van der Waals surface area contributed by atoms with Crippen molar-refractivity contribution >= 4 is 17.8 Å². The van der Waals surface area contributed by atoms with Crippen LogP contribution in [0, 0.1) is 0 Å². The van der Waals surface area contributed by atoms with E-state index in [1.165, 1.54) is 4.90 Å². The summed E-state index contributed by atoms with van der Waals surface area (Å²) in [5, 5.41) is 2.86. The van der Waals surface area contributed by atoms with Crippen LogP contribution in [0.4, 0.5) is 4.79 Å². The Hall–Kier alpha value is -2.37. The van der Waals surface area contributed by atoms with Gasteiger partial charge in [0.05, 0.1) is 0 Å². The Kier molecular flexibility index (Phi) is 5.91. The summed E-state index contributed by atoms with van der Waals surface area (Å²) < 4.78 is 0. The van der Waals surface area contributed by atoms with Crippen molar-refractivity contribution in [3.05, 3.63) is 35.4 Å². The molecule has 1 atom stereocenters. The molecular formula is C20H27N3O3. The molecule has 4 amide bonds. The van der Waals surface area contributed by atoms with Crippen molar-refractivity contribution in [2.24, 2.45) is 0 Å². The van der Waals surface area contributed by atoms with Crippen molar-refractivity contribution in [1.82, 2.24) is 15.1 Å². The number of carbonyl (C=O) groups excluding carboxylic acids is 3. The van der Waals surface area contributed by atoms with Crippen molar-refractivity contribution in [2.45, 2.75) is 58.0 Å². The molecule has 2 heterocycles. The Bertz CT molecular complexity index is 646. The second-order valence-electron chi connectivity index (χ2n) is 7.05. The fraction of sp³-hybridized carbons (Fsp3) is 0.550. The van der Waals surface area contributed by atoms with Gasteiger partial charge in [-0.05, 0) is 30.4 Å². The van der Waals surface area contributed by atoms with E-state index in [1.54, 1.807) is 4.90 Å². The number of nitrogens with zero attached hydrogens (tertiary/aromatic N) is 2. The molecule has 2 aliphatic rings. The second kappa shape index (κ2) is 8.34. The lowest BCUT2D eigenvalue weighted by Gasteiger charge is -2.28. The van der Waals surface area contributed by atoms with Crippen molar-refractivity contribution in [2.75, 3.05) is 13.1 Å². The fourth-order valence-electron chi connectivity index (χ4n) is 3.66. The molecule has 0 radical (unpaired) electrons. The van der Waals surface area contributed by atoms with Gasteiger partial charge in [-0.1, -0.05) is 37.6 Å². The summed E-state index contributed by atoms with van der Waals surface area (Å²) in [4.78, 5) is 39.9. The van der Waals surface area contributed by atoms with Crippen LogP contribution in [0.2, 0.25) is 0 Å². The molecule has 0 bridgehead atoms. The molecule has 3 rings (SSSR count). The number of benzene rings is 1. The summed E-state index contributed by atoms with van der Waals surface area (Å²) >= 11 is 0. The topological polar surface area (TPSA) is 69.7 Å². The zero-order valence-corrected chi connectivity index (χ0v) is 15.4. The summed E-state index contributed by atoms with van der Waals surface area (Å²) in [5.41, 5.74) is 2.29. The van der Waals surface area contributed by atoms with Crippen molar-refractivity contribution in [3.63, 3.8) is 0 Å². The third kappa shape index (κ3) is 3.89. The highest BCUT2D eigenvalue weighted by Crippen LogP contribution is 2.30. The maximum atomic E-state index is 12.6. The van der Waals surface area contributed by atoms with E-state index >= 15 is 0 Å². The smallest absolute Gasteiger partial charge is 0.327 e. The highest BCUT2D eigenvalue weighted by Gasteiger charge is 2.46. The largest absolute Gasteiger partial charge is 0.356 e. The normalized spacial score (nSPS) is 18.7. The molecule has 26 heavy (non-hydrogen) atoms. The number of nitrogens with one attached hydrogen (secondary N) is 1. The first-order valence-electron chi connectivity index (χ1n) is 9.57.